The third-order valence-electron chi connectivity index (χ3n) is 5.61. The largest absolute Gasteiger partial charge is 0.446 e. The number of carbonyl (C=O) groups is 1. The Morgan fingerprint density at radius 2 is 2.03 bits per heavy atom. The Balaban J connectivity index is 1.95. The number of hydrogen-bond donors (Lipinski definition) is 2. The molecule has 1 aromatic carbocycles. The first-order valence-corrected chi connectivity index (χ1v) is 9.71. The van der Waals surface area contributed by atoms with Gasteiger partial charge in [0, 0.05) is 12.3 Å². The minimum atomic E-state index is -1.77. The van der Waals surface area contributed by atoms with Gasteiger partial charge in [-0.1, -0.05) is 50.3 Å². The second-order valence-corrected chi connectivity index (χ2v) is 7.41. The third kappa shape index (κ3) is 3.17. The zero-order valence-corrected chi connectivity index (χ0v) is 16.3. The van der Waals surface area contributed by atoms with Gasteiger partial charge in [-0.05, 0) is 24.1 Å². The number of fused-ring (bicyclic) bond motifs is 2. The van der Waals surface area contributed by atoms with Gasteiger partial charge >= 0.3 is 0 Å². The van der Waals surface area contributed by atoms with Gasteiger partial charge in [-0.2, -0.15) is 4.98 Å². The predicted octanol–water partition coefficient (Wildman–Crippen LogP) is 2.27. The van der Waals surface area contributed by atoms with Gasteiger partial charge in [0.25, 0.3) is 5.56 Å². The van der Waals surface area contributed by atoms with E-state index in [0.29, 0.717) is 12.8 Å². The maximum Gasteiger partial charge on any atom is 0.265 e. The van der Waals surface area contributed by atoms with E-state index in [4.69, 9.17) is 4.74 Å². The minimum Gasteiger partial charge on any atom is -0.446 e. The van der Waals surface area contributed by atoms with Crippen molar-refractivity contribution >= 4 is 12.0 Å². The summed E-state index contributed by atoms with van der Waals surface area (Å²) < 4.78 is 6.82. The van der Waals surface area contributed by atoms with E-state index in [-0.39, 0.29) is 23.2 Å². The van der Waals surface area contributed by atoms with Gasteiger partial charge in [0.2, 0.25) is 17.5 Å². The van der Waals surface area contributed by atoms with E-state index >= 15 is 0 Å². The number of aromatic nitrogens is 2. The molecule has 7 heteroatoms. The van der Waals surface area contributed by atoms with Crippen LogP contribution in [0, 0.1) is 5.92 Å². The smallest absolute Gasteiger partial charge is 0.265 e. The van der Waals surface area contributed by atoms with Crippen molar-refractivity contribution in [1.82, 2.24) is 14.9 Å². The van der Waals surface area contributed by atoms with Crippen LogP contribution in [0.2, 0.25) is 0 Å². The van der Waals surface area contributed by atoms with Crippen molar-refractivity contribution in [2.75, 3.05) is 0 Å². The van der Waals surface area contributed by atoms with Crippen LogP contribution in [0.3, 0.4) is 0 Å². The average Bonchev–Trinajstić information content (AvgIpc) is 2.97. The van der Waals surface area contributed by atoms with Gasteiger partial charge in [0.05, 0.1) is 6.26 Å². The van der Waals surface area contributed by atoms with E-state index in [1.54, 1.807) is 25.2 Å². The molecule has 3 heterocycles. The molecule has 3 atom stereocenters. The van der Waals surface area contributed by atoms with Crippen LogP contribution in [0.5, 0.6) is 5.88 Å². The van der Waals surface area contributed by atoms with Crippen molar-refractivity contribution in [3.05, 3.63) is 76.1 Å². The highest BCUT2D eigenvalue weighted by atomic mass is 16.5. The third-order valence-corrected chi connectivity index (χ3v) is 5.61. The Labute approximate surface area is 168 Å². The Bertz CT molecular complexity index is 1060. The second kappa shape index (κ2) is 7.33. The van der Waals surface area contributed by atoms with Crippen LogP contribution >= 0.6 is 0 Å². The second-order valence-electron chi connectivity index (χ2n) is 7.41. The number of nitrogens with zero attached hydrogens (tertiary/aromatic N) is 2. The SMILES string of the molecule is CCC(C)C1(O)NC(=O)C(Cc2ccccc2)n2c1nc1c(c2=O)C=CC=CO1. The molecule has 0 fully saturated rings. The molecule has 0 aliphatic carbocycles. The fourth-order valence-corrected chi connectivity index (χ4v) is 3.72. The van der Waals surface area contributed by atoms with Crippen molar-refractivity contribution in [3.63, 3.8) is 0 Å². The first-order valence-electron chi connectivity index (χ1n) is 9.71. The molecule has 2 N–H and O–H groups in total. The lowest BCUT2D eigenvalue weighted by Gasteiger charge is -2.41. The highest BCUT2D eigenvalue weighted by molar-refractivity contribution is 5.83. The summed E-state index contributed by atoms with van der Waals surface area (Å²) in [6.45, 7) is 3.71. The predicted molar refractivity (Wildman–Crippen MR) is 108 cm³/mol. The van der Waals surface area contributed by atoms with Gasteiger partial charge in [-0.3, -0.25) is 14.2 Å². The number of carbonyl (C=O) groups excluding carboxylic acids is 1. The van der Waals surface area contributed by atoms with Crippen molar-refractivity contribution < 1.29 is 14.6 Å². The van der Waals surface area contributed by atoms with E-state index < -0.39 is 23.2 Å². The molecule has 2 aliphatic rings. The molecule has 7 nitrogen and oxygen atoms in total. The molecule has 0 saturated heterocycles. The number of amides is 1. The molecule has 1 amide bonds. The molecule has 0 bridgehead atoms. The molecule has 1 aromatic heterocycles. The molecule has 4 rings (SSSR count). The number of rotatable bonds is 4. The summed E-state index contributed by atoms with van der Waals surface area (Å²) in [5.41, 5.74) is -1.03. The molecular formula is C22H23N3O4. The van der Waals surface area contributed by atoms with Gasteiger partial charge in [-0.25, -0.2) is 0 Å². The van der Waals surface area contributed by atoms with E-state index in [1.807, 2.05) is 37.3 Å². The number of hydrogen-bond acceptors (Lipinski definition) is 5. The molecular weight excluding hydrogens is 370 g/mol. The number of ether oxygens (including phenoxy) is 1. The lowest BCUT2D eigenvalue weighted by molar-refractivity contribution is -0.145. The molecule has 2 aromatic rings. The summed E-state index contributed by atoms with van der Waals surface area (Å²) in [5, 5.41) is 14.1. The molecule has 0 saturated carbocycles. The van der Waals surface area contributed by atoms with Gasteiger partial charge in [-0.15, -0.1) is 0 Å². The quantitative estimate of drug-likeness (QED) is 0.831. The van der Waals surface area contributed by atoms with Gasteiger partial charge < -0.3 is 15.2 Å². The van der Waals surface area contributed by atoms with Crippen LogP contribution in [0.1, 0.15) is 43.3 Å². The summed E-state index contributed by atoms with van der Waals surface area (Å²) in [6, 6.07) is 8.63. The zero-order valence-electron chi connectivity index (χ0n) is 16.3. The first-order chi connectivity index (χ1) is 14.0. The topological polar surface area (TPSA) is 93.5 Å². The highest BCUT2D eigenvalue weighted by Crippen LogP contribution is 2.35. The van der Waals surface area contributed by atoms with E-state index in [2.05, 4.69) is 10.3 Å². The van der Waals surface area contributed by atoms with Crippen LogP contribution in [-0.2, 0) is 16.9 Å². The lowest BCUT2D eigenvalue weighted by atomic mass is 9.89. The number of aliphatic hydroxyl groups is 1. The van der Waals surface area contributed by atoms with Crippen LogP contribution in [0.15, 0.2) is 53.5 Å². The maximum absolute atomic E-state index is 13.4. The van der Waals surface area contributed by atoms with E-state index in [1.165, 1.54) is 10.8 Å². The van der Waals surface area contributed by atoms with Gasteiger partial charge in [0.15, 0.2) is 5.82 Å². The Morgan fingerprint density at radius 3 is 2.76 bits per heavy atom. The summed E-state index contributed by atoms with van der Waals surface area (Å²) in [4.78, 5) is 31.0. The maximum atomic E-state index is 13.4. The van der Waals surface area contributed by atoms with Crippen LogP contribution in [0.4, 0.5) is 0 Å². The van der Waals surface area contributed by atoms with Crippen molar-refractivity contribution in [3.8, 4) is 5.88 Å². The Morgan fingerprint density at radius 1 is 1.28 bits per heavy atom. The van der Waals surface area contributed by atoms with E-state index in [0.717, 1.165) is 5.56 Å². The highest BCUT2D eigenvalue weighted by Gasteiger charge is 2.48. The van der Waals surface area contributed by atoms with Gasteiger partial charge in [0.1, 0.15) is 11.6 Å². The number of benzene rings is 1. The monoisotopic (exact) mass is 393 g/mol. The molecule has 0 radical (unpaired) electrons. The minimum absolute atomic E-state index is 0.0971. The standard InChI is InChI=1S/C22H23N3O4/c1-3-14(2)22(28)21-23-19-16(11-7-8-12-29-19)20(27)25(21)17(18(26)24-22)13-15-9-5-4-6-10-15/h4-12,14,17,28H,3,13H2,1-2H3,(H,24,26). The van der Waals surface area contributed by atoms with Crippen LogP contribution in [-0.4, -0.2) is 20.6 Å². The van der Waals surface area contributed by atoms with E-state index in [9.17, 15) is 14.7 Å². The molecule has 29 heavy (non-hydrogen) atoms. The average molecular weight is 393 g/mol. The van der Waals surface area contributed by atoms with Crippen LogP contribution < -0.4 is 15.6 Å². The summed E-state index contributed by atoms with van der Waals surface area (Å²) >= 11 is 0. The normalized spacial score (nSPS) is 23.4. The zero-order chi connectivity index (χ0) is 20.6. The fraction of sp³-hybridized carbons (Fsp3) is 0.318. The fourth-order valence-electron chi connectivity index (χ4n) is 3.72. The van der Waals surface area contributed by atoms with Crippen molar-refractivity contribution in [2.24, 2.45) is 5.92 Å². The van der Waals surface area contributed by atoms with Crippen LogP contribution in [0.25, 0.3) is 6.08 Å². The molecule has 2 aliphatic heterocycles. The number of allylic oxidation sites excluding steroid dienone is 2. The van der Waals surface area contributed by atoms with Crippen molar-refractivity contribution in [1.29, 1.82) is 0 Å². The summed E-state index contributed by atoms with van der Waals surface area (Å²) in [5.74, 6) is -0.566. The Kier molecular flexibility index (Phi) is 4.84. The molecule has 150 valence electrons. The number of nitrogens with one attached hydrogen (secondary N) is 1. The first kappa shape index (κ1) is 19.1. The summed E-state index contributed by atoms with van der Waals surface area (Å²) in [7, 11) is 0. The van der Waals surface area contributed by atoms with Crippen molar-refractivity contribution in [2.45, 2.75) is 38.5 Å². The lowest BCUT2D eigenvalue weighted by Crippen LogP contribution is -2.61. The molecule has 0 spiro atoms. The summed E-state index contributed by atoms with van der Waals surface area (Å²) in [6.07, 6.45) is 7.24. The Hall–Kier alpha value is -3.19. The molecule has 3 unspecified atom stereocenters.